The van der Waals surface area contributed by atoms with Gasteiger partial charge in [-0.25, -0.2) is 4.79 Å². The van der Waals surface area contributed by atoms with Crippen molar-refractivity contribution in [1.82, 2.24) is 5.32 Å². The van der Waals surface area contributed by atoms with Gasteiger partial charge in [-0.05, 0) is 51.3 Å². The van der Waals surface area contributed by atoms with Crippen LogP contribution in [0.4, 0.5) is 0 Å². The molecule has 1 aromatic carbocycles. The van der Waals surface area contributed by atoms with Crippen LogP contribution in [-0.2, 0) is 25.5 Å². The van der Waals surface area contributed by atoms with Crippen LogP contribution in [0.25, 0.3) is 0 Å². The van der Waals surface area contributed by atoms with Crippen LogP contribution in [0.3, 0.4) is 0 Å². The standard InChI is InChI=1S/C19H25BClNO6/c1-5-6-15(23)22-14-8-11-7-12(21)9-13(16(11)28-20-14)17(24)26-10-27-18(25)19(2,3)4/h7,9,14,20H,5-6,8,10H2,1-4H3,(H,22,23). The van der Waals surface area contributed by atoms with Gasteiger partial charge in [0.25, 0.3) is 0 Å². The summed E-state index contributed by atoms with van der Waals surface area (Å²) in [6.45, 7) is 6.55. The fraction of sp³-hybridized carbons (Fsp3) is 0.526. The lowest BCUT2D eigenvalue weighted by molar-refractivity contribution is -0.161. The van der Waals surface area contributed by atoms with Gasteiger partial charge < -0.3 is 19.4 Å². The number of carbonyl (C=O) groups is 3. The van der Waals surface area contributed by atoms with Gasteiger partial charge in [0.2, 0.25) is 12.7 Å². The van der Waals surface area contributed by atoms with Crippen molar-refractivity contribution in [3.8, 4) is 5.75 Å². The summed E-state index contributed by atoms with van der Waals surface area (Å²) in [6.07, 6.45) is 1.70. The van der Waals surface area contributed by atoms with E-state index in [0.29, 0.717) is 29.2 Å². The van der Waals surface area contributed by atoms with E-state index >= 15 is 0 Å². The Bertz CT molecular complexity index is 762. The number of carbonyl (C=O) groups excluding carboxylic acids is 3. The maximum Gasteiger partial charge on any atom is 0.363 e. The molecule has 0 aromatic heterocycles. The Hall–Kier alpha value is -2.22. The molecule has 9 heteroatoms. The van der Waals surface area contributed by atoms with Crippen LogP contribution in [0.1, 0.15) is 56.5 Å². The molecule has 28 heavy (non-hydrogen) atoms. The van der Waals surface area contributed by atoms with Crippen LogP contribution in [0, 0.1) is 5.41 Å². The molecule has 0 saturated carbocycles. The highest BCUT2D eigenvalue weighted by molar-refractivity contribution is 6.33. The summed E-state index contributed by atoms with van der Waals surface area (Å²) in [5.74, 6) is -1.04. The molecule has 2 rings (SSSR count). The number of amides is 1. The Morgan fingerprint density at radius 3 is 2.64 bits per heavy atom. The minimum absolute atomic E-state index is 0.0399. The summed E-state index contributed by atoms with van der Waals surface area (Å²) in [5.41, 5.74) is 0.175. The highest BCUT2D eigenvalue weighted by Gasteiger charge is 2.29. The second-order valence-corrected chi connectivity index (χ2v) is 8.14. The molecule has 1 aromatic rings. The van der Waals surface area contributed by atoms with E-state index < -0.39 is 24.1 Å². The van der Waals surface area contributed by atoms with Crippen molar-refractivity contribution in [2.45, 2.75) is 52.9 Å². The number of hydrogen-bond acceptors (Lipinski definition) is 6. The minimum atomic E-state index is -0.700. The first-order chi connectivity index (χ1) is 13.1. The number of hydrogen-bond donors (Lipinski definition) is 1. The van der Waals surface area contributed by atoms with Crippen molar-refractivity contribution in [2.75, 3.05) is 6.79 Å². The number of ether oxygens (including phenoxy) is 2. The Kier molecular flexibility index (Phi) is 7.35. The SMILES string of the molecule is CCCC(=O)NC1BOc2c(cc(Cl)cc2C(=O)OCOC(=O)C(C)(C)C)C1. The molecule has 0 saturated heterocycles. The molecular weight excluding hydrogens is 384 g/mol. The first-order valence-electron chi connectivity index (χ1n) is 9.20. The zero-order valence-corrected chi connectivity index (χ0v) is 17.4. The lowest BCUT2D eigenvalue weighted by Gasteiger charge is -2.27. The molecule has 7 nitrogen and oxygen atoms in total. The molecule has 1 amide bonds. The highest BCUT2D eigenvalue weighted by Crippen LogP contribution is 2.32. The molecule has 1 heterocycles. The van der Waals surface area contributed by atoms with Crippen molar-refractivity contribution in [1.29, 1.82) is 0 Å². The Balaban J connectivity index is 2.05. The Labute approximate surface area is 170 Å². The third-order valence-corrected chi connectivity index (χ3v) is 4.30. The van der Waals surface area contributed by atoms with Gasteiger partial charge in [0.05, 0.1) is 5.41 Å². The van der Waals surface area contributed by atoms with E-state index in [0.717, 1.165) is 6.42 Å². The normalized spacial score (nSPS) is 15.5. The maximum atomic E-state index is 12.4. The molecule has 0 bridgehead atoms. The average molecular weight is 410 g/mol. The predicted molar refractivity (Wildman–Crippen MR) is 106 cm³/mol. The van der Waals surface area contributed by atoms with Gasteiger partial charge in [-0.3, -0.25) is 9.59 Å². The first-order valence-corrected chi connectivity index (χ1v) is 9.58. The molecule has 1 aliphatic heterocycles. The van der Waals surface area contributed by atoms with E-state index in [4.69, 9.17) is 25.7 Å². The number of benzene rings is 1. The largest absolute Gasteiger partial charge is 0.561 e. The van der Waals surface area contributed by atoms with Crippen LogP contribution in [0.2, 0.25) is 5.02 Å². The molecule has 0 spiro atoms. The van der Waals surface area contributed by atoms with E-state index in [1.54, 1.807) is 26.8 Å². The zero-order chi connectivity index (χ0) is 20.9. The average Bonchev–Trinajstić information content (AvgIpc) is 2.59. The van der Waals surface area contributed by atoms with Gasteiger partial charge in [-0.1, -0.05) is 18.5 Å². The monoisotopic (exact) mass is 409 g/mol. The lowest BCUT2D eigenvalue weighted by Crippen LogP contribution is -2.45. The second kappa shape index (κ2) is 9.32. The molecule has 1 N–H and O–H groups in total. The van der Waals surface area contributed by atoms with Gasteiger partial charge in [-0.2, -0.15) is 0 Å². The molecule has 0 fully saturated rings. The van der Waals surface area contributed by atoms with E-state index in [1.165, 1.54) is 6.07 Å². The molecular formula is C19H25BClNO6. The quantitative estimate of drug-likeness (QED) is 0.441. The van der Waals surface area contributed by atoms with Gasteiger partial charge in [-0.15, -0.1) is 0 Å². The van der Waals surface area contributed by atoms with Crippen molar-refractivity contribution in [3.05, 3.63) is 28.3 Å². The number of nitrogens with one attached hydrogen (secondary N) is 1. The second-order valence-electron chi connectivity index (χ2n) is 7.70. The summed E-state index contributed by atoms with van der Waals surface area (Å²) in [5, 5.41) is 3.26. The summed E-state index contributed by atoms with van der Waals surface area (Å²) in [4.78, 5) is 36.0. The molecule has 152 valence electrons. The molecule has 1 aliphatic rings. The van der Waals surface area contributed by atoms with E-state index in [9.17, 15) is 14.4 Å². The third kappa shape index (κ3) is 5.89. The molecule has 0 aliphatic carbocycles. The van der Waals surface area contributed by atoms with E-state index in [2.05, 4.69) is 5.32 Å². The minimum Gasteiger partial charge on any atom is -0.561 e. The molecule has 1 unspecified atom stereocenters. The number of esters is 2. The smallest absolute Gasteiger partial charge is 0.363 e. The third-order valence-electron chi connectivity index (χ3n) is 4.08. The van der Waals surface area contributed by atoms with Gasteiger partial charge in [0.15, 0.2) is 0 Å². The highest BCUT2D eigenvalue weighted by atomic mass is 35.5. The van der Waals surface area contributed by atoms with Crippen molar-refractivity contribution >= 4 is 36.9 Å². The van der Waals surface area contributed by atoms with E-state index in [-0.39, 0.29) is 24.9 Å². The van der Waals surface area contributed by atoms with Crippen molar-refractivity contribution in [2.24, 2.45) is 5.41 Å². The van der Waals surface area contributed by atoms with Crippen LogP contribution in [0.5, 0.6) is 5.75 Å². The van der Waals surface area contributed by atoms with Gasteiger partial charge in [0.1, 0.15) is 11.3 Å². The number of rotatable bonds is 6. The summed E-state index contributed by atoms with van der Waals surface area (Å²) < 4.78 is 15.7. The van der Waals surface area contributed by atoms with Gasteiger partial charge >= 0.3 is 19.4 Å². The Morgan fingerprint density at radius 2 is 2.00 bits per heavy atom. The zero-order valence-electron chi connectivity index (χ0n) is 16.6. The maximum absolute atomic E-state index is 12.4. The van der Waals surface area contributed by atoms with Gasteiger partial charge in [0, 0.05) is 17.4 Å². The van der Waals surface area contributed by atoms with Crippen molar-refractivity contribution in [3.63, 3.8) is 0 Å². The van der Waals surface area contributed by atoms with Crippen LogP contribution in [0.15, 0.2) is 12.1 Å². The molecule has 0 radical (unpaired) electrons. The number of halogens is 1. The fourth-order valence-electron chi connectivity index (χ4n) is 2.68. The van der Waals surface area contributed by atoms with Crippen LogP contribution >= 0.6 is 11.6 Å². The summed E-state index contributed by atoms with van der Waals surface area (Å²) in [7, 11) is 0.239. The summed E-state index contributed by atoms with van der Waals surface area (Å²) in [6, 6.07) is 3.15. The molecule has 1 atom stereocenters. The Morgan fingerprint density at radius 1 is 1.29 bits per heavy atom. The first kappa shape index (κ1) is 22.1. The van der Waals surface area contributed by atoms with Crippen molar-refractivity contribution < 1.29 is 28.5 Å². The van der Waals surface area contributed by atoms with Crippen LogP contribution < -0.4 is 9.97 Å². The topological polar surface area (TPSA) is 90.9 Å². The van der Waals surface area contributed by atoms with Crippen LogP contribution in [-0.4, -0.2) is 38.1 Å². The predicted octanol–water partition coefficient (Wildman–Crippen LogP) is 2.57. The summed E-state index contributed by atoms with van der Waals surface area (Å²) >= 11 is 6.14. The fourth-order valence-corrected chi connectivity index (χ4v) is 2.92. The number of fused-ring (bicyclic) bond motifs is 1. The lowest BCUT2D eigenvalue weighted by atomic mass is 9.79. The van der Waals surface area contributed by atoms with E-state index in [1.807, 2.05) is 6.92 Å².